The van der Waals surface area contributed by atoms with Crippen LogP contribution < -0.4 is 5.32 Å². The number of hydrogen-bond acceptors (Lipinski definition) is 1. The van der Waals surface area contributed by atoms with Gasteiger partial charge in [0.1, 0.15) is 5.82 Å². The highest BCUT2D eigenvalue weighted by atomic mass is 35.5. The van der Waals surface area contributed by atoms with Crippen LogP contribution in [0.3, 0.4) is 0 Å². The number of rotatable bonds is 5. The van der Waals surface area contributed by atoms with Gasteiger partial charge in [0, 0.05) is 22.6 Å². The van der Waals surface area contributed by atoms with E-state index >= 15 is 0 Å². The zero-order chi connectivity index (χ0) is 15.4. The van der Waals surface area contributed by atoms with Gasteiger partial charge in [0.2, 0.25) is 0 Å². The summed E-state index contributed by atoms with van der Waals surface area (Å²) in [5.41, 5.74) is 2.06. The van der Waals surface area contributed by atoms with E-state index in [9.17, 15) is 4.39 Å². The van der Waals surface area contributed by atoms with Gasteiger partial charge in [-0.05, 0) is 41.3 Å². The fraction of sp³-hybridized carbons (Fsp3) is 0.294. The lowest BCUT2D eigenvalue weighted by Gasteiger charge is -2.23. The lowest BCUT2D eigenvalue weighted by molar-refractivity contribution is 0.410. The molecule has 1 atom stereocenters. The minimum atomic E-state index is -0.220. The second kappa shape index (κ2) is 7.26. The van der Waals surface area contributed by atoms with Crippen LogP contribution in [0, 0.1) is 11.7 Å². The molecule has 0 bridgehead atoms. The van der Waals surface area contributed by atoms with Crippen molar-refractivity contribution in [2.45, 2.75) is 26.4 Å². The molecule has 0 aliphatic heterocycles. The average molecular weight is 326 g/mol. The standard InChI is InChI=1S/C17H18Cl2FN/c1-11(2)17(12-4-7-15(20)8-5-12)21-10-13-3-6-14(18)9-16(13)19/h3-9,11,17,21H,10H2,1-2H3. The third-order valence-corrected chi connectivity index (χ3v) is 4.01. The second-order valence-corrected chi connectivity index (χ2v) is 6.23. The van der Waals surface area contributed by atoms with Crippen molar-refractivity contribution >= 4 is 23.2 Å². The van der Waals surface area contributed by atoms with Crippen molar-refractivity contribution in [3.63, 3.8) is 0 Å². The van der Waals surface area contributed by atoms with Crippen molar-refractivity contribution in [1.82, 2.24) is 5.32 Å². The fourth-order valence-corrected chi connectivity index (χ4v) is 2.77. The third-order valence-electron chi connectivity index (χ3n) is 3.42. The maximum atomic E-state index is 13.0. The molecule has 0 radical (unpaired) electrons. The molecule has 21 heavy (non-hydrogen) atoms. The third kappa shape index (κ3) is 4.44. The van der Waals surface area contributed by atoms with Gasteiger partial charge in [0.15, 0.2) is 0 Å². The van der Waals surface area contributed by atoms with E-state index in [1.54, 1.807) is 6.07 Å². The number of hydrogen-bond donors (Lipinski definition) is 1. The first-order valence-electron chi connectivity index (χ1n) is 6.90. The summed E-state index contributed by atoms with van der Waals surface area (Å²) >= 11 is 12.1. The van der Waals surface area contributed by atoms with E-state index in [1.807, 2.05) is 24.3 Å². The van der Waals surface area contributed by atoms with Crippen molar-refractivity contribution in [2.75, 3.05) is 0 Å². The van der Waals surface area contributed by atoms with Gasteiger partial charge in [0.25, 0.3) is 0 Å². The summed E-state index contributed by atoms with van der Waals surface area (Å²) in [5.74, 6) is 0.156. The van der Waals surface area contributed by atoms with Crippen LogP contribution in [0.2, 0.25) is 10.0 Å². The molecule has 112 valence electrons. The molecular formula is C17H18Cl2FN. The highest BCUT2D eigenvalue weighted by molar-refractivity contribution is 6.35. The highest BCUT2D eigenvalue weighted by Crippen LogP contribution is 2.25. The van der Waals surface area contributed by atoms with E-state index in [-0.39, 0.29) is 11.9 Å². The largest absolute Gasteiger partial charge is 0.306 e. The Labute approximate surface area is 135 Å². The molecule has 0 aliphatic rings. The van der Waals surface area contributed by atoms with Crippen LogP contribution in [0.15, 0.2) is 42.5 Å². The number of nitrogens with one attached hydrogen (secondary N) is 1. The Morgan fingerprint density at radius 1 is 1.05 bits per heavy atom. The van der Waals surface area contributed by atoms with Crippen molar-refractivity contribution in [1.29, 1.82) is 0 Å². The molecule has 0 aromatic heterocycles. The first-order valence-corrected chi connectivity index (χ1v) is 7.65. The van der Waals surface area contributed by atoms with Gasteiger partial charge in [-0.1, -0.05) is 55.2 Å². The summed E-state index contributed by atoms with van der Waals surface area (Å²) in [7, 11) is 0. The molecular weight excluding hydrogens is 308 g/mol. The van der Waals surface area contributed by atoms with E-state index in [0.717, 1.165) is 11.1 Å². The van der Waals surface area contributed by atoms with Crippen LogP contribution in [-0.4, -0.2) is 0 Å². The van der Waals surface area contributed by atoms with E-state index in [1.165, 1.54) is 12.1 Å². The molecule has 0 fully saturated rings. The Balaban J connectivity index is 2.12. The van der Waals surface area contributed by atoms with Crippen LogP contribution in [-0.2, 0) is 6.54 Å². The lowest BCUT2D eigenvalue weighted by atomic mass is 9.95. The van der Waals surface area contributed by atoms with Gasteiger partial charge >= 0.3 is 0 Å². The Kier molecular flexibility index (Phi) is 5.63. The summed E-state index contributed by atoms with van der Waals surface area (Å²) in [6, 6.07) is 12.2. The van der Waals surface area contributed by atoms with E-state index in [0.29, 0.717) is 22.5 Å². The molecule has 2 aromatic carbocycles. The number of halogens is 3. The molecule has 4 heteroatoms. The minimum Gasteiger partial charge on any atom is -0.306 e. The Morgan fingerprint density at radius 2 is 1.71 bits per heavy atom. The van der Waals surface area contributed by atoms with Crippen molar-refractivity contribution in [3.05, 3.63) is 69.5 Å². The summed E-state index contributed by atoms with van der Waals surface area (Å²) in [6.45, 7) is 4.89. The highest BCUT2D eigenvalue weighted by Gasteiger charge is 2.15. The van der Waals surface area contributed by atoms with E-state index < -0.39 is 0 Å². The summed E-state index contributed by atoms with van der Waals surface area (Å²) < 4.78 is 13.0. The molecule has 0 saturated heterocycles. The Hall–Kier alpha value is -1.09. The monoisotopic (exact) mass is 325 g/mol. The van der Waals surface area contributed by atoms with E-state index in [2.05, 4.69) is 19.2 Å². The normalized spacial score (nSPS) is 12.7. The van der Waals surface area contributed by atoms with Gasteiger partial charge < -0.3 is 5.32 Å². The van der Waals surface area contributed by atoms with Crippen LogP contribution in [0.4, 0.5) is 4.39 Å². The van der Waals surface area contributed by atoms with Crippen LogP contribution in [0.5, 0.6) is 0 Å². The molecule has 1 unspecified atom stereocenters. The fourth-order valence-electron chi connectivity index (χ4n) is 2.29. The van der Waals surface area contributed by atoms with Crippen molar-refractivity contribution < 1.29 is 4.39 Å². The summed E-state index contributed by atoms with van der Waals surface area (Å²) in [6.07, 6.45) is 0. The van der Waals surface area contributed by atoms with E-state index in [4.69, 9.17) is 23.2 Å². The molecule has 1 nitrogen and oxygen atoms in total. The molecule has 0 heterocycles. The maximum Gasteiger partial charge on any atom is 0.123 e. The SMILES string of the molecule is CC(C)C(NCc1ccc(Cl)cc1Cl)c1ccc(F)cc1. The smallest absolute Gasteiger partial charge is 0.123 e. The number of benzene rings is 2. The molecule has 0 saturated carbocycles. The molecule has 0 spiro atoms. The quantitative estimate of drug-likeness (QED) is 0.752. The molecule has 2 rings (SSSR count). The minimum absolute atomic E-state index is 0.136. The zero-order valence-electron chi connectivity index (χ0n) is 12.0. The van der Waals surface area contributed by atoms with Gasteiger partial charge in [-0.25, -0.2) is 4.39 Å². The van der Waals surface area contributed by atoms with Crippen molar-refractivity contribution in [3.8, 4) is 0 Å². The van der Waals surface area contributed by atoms with Crippen LogP contribution in [0.1, 0.15) is 31.0 Å². The first kappa shape index (κ1) is 16.3. The van der Waals surface area contributed by atoms with Gasteiger partial charge in [-0.3, -0.25) is 0 Å². The maximum absolute atomic E-state index is 13.0. The second-order valence-electron chi connectivity index (χ2n) is 5.39. The Bertz CT molecular complexity index is 596. The van der Waals surface area contributed by atoms with Crippen LogP contribution >= 0.6 is 23.2 Å². The average Bonchev–Trinajstić information content (AvgIpc) is 2.42. The van der Waals surface area contributed by atoms with Gasteiger partial charge in [-0.15, -0.1) is 0 Å². The first-order chi connectivity index (χ1) is 9.97. The zero-order valence-corrected chi connectivity index (χ0v) is 13.5. The van der Waals surface area contributed by atoms with Crippen LogP contribution in [0.25, 0.3) is 0 Å². The molecule has 0 amide bonds. The lowest BCUT2D eigenvalue weighted by Crippen LogP contribution is -2.25. The Morgan fingerprint density at radius 3 is 2.29 bits per heavy atom. The predicted octanol–water partition coefficient (Wildman–Crippen LogP) is 5.62. The van der Waals surface area contributed by atoms with Gasteiger partial charge in [0.05, 0.1) is 0 Å². The topological polar surface area (TPSA) is 12.0 Å². The molecule has 2 aromatic rings. The summed E-state index contributed by atoms with van der Waals surface area (Å²) in [5, 5.41) is 4.76. The molecule has 1 N–H and O–H groups in total. The van der Waals surface area contributed by atoms with Gasteiger partial charge in [-0.2, -0.15) is 0 Å². The summed E-state index contributed by atoms with van der Waals surface area (Å²) in [4.78, 5) is 0. The predicted molar refractivity (Wildman–Crippen MR) is 87.3 cm³/mol. The molecule has 0 aliphatic carbocycles. The van der Waals surface area contributed by atoms with Crippen molar-refractivity contribution in [2.24, 2.45) is 5.92 Å².